The standard InChI is InChI=1S/C29H21ClN2O4S/c30-24-10-4-2-7-21(24)18-36-22-14-12-19(13-15-22)16-26-28(34)32(29(35)37-26)17-27(33)31-25-11-5-8-20-6-1-3-9-23(20)25/h1-16H,17-18H2,(H,31,33)/b26-16+. The van der Waals surface area contributed by atoms with Crippen LogP contribution in [-0.2, 0) is 16.2 Å². The molecule has 1 fully saturated rings. The van der Waals surface area contributed by atoms with Crippen molar-refractivity contribution < 1.29 is 19.1 Å². The van der Waals surface area contributed by atoms with E-state index in [0.29, 0.717) is 23.1 Å². The van der Waals surface area contributed by atoms with Gasteiger partial charge in [-0.25, -0.2) is 0 Å². The molecule has 6 nitrogen and oxygen atoms in total. The second kappa shape index (κ2) is 10.9. The molecule has 37 heavy (non-hydrogen) atoms. The molecule has 1 saturated heterocycles. The van der Waals surface area contributed by atoms with Gasteiger partial charge in [0, 0.05) is 21.7 Å². The van der Waals surface area contributed by atoms with Gasteiger partial charge in [0.05, 0.1) is 4.91 Å². The van der Waals surface area contributed by atoms with E-state index in [1.165, 1.54) is 0 Å². The number of hydrogen-bond donors (Lipinski definition) is 1. The molecule has 0 atom stereocenters. The van der Waals surface area contributed by atoms with Crippen LogP contribution in [0, 0.1) is 0 Å². The van der Waals surface area contributed by atoms with Gasteiger partial charge in [-0.3, -0.25) is 19.3 Å². The Hall–Kier alpha value is -4.07. The molecule has 0 unspecified atom stereocenters. The number of thioether (sulfide) groups is 1. The van der Waals surface area contributed by atoms with Gasteiger partial charge in [0.2, 0.25) is 5.91 Å². The number of benzene rings is 4. The zero-order valence-corrected chi connectivity index (χ0v) is 21.1. The van der Waals surface area contributed by atoms with Gasteiger partial charge >= 0.3 is 0 Å². The maximum atomic E-state index is 12.9. The predicted molar refractivity (Wildman–Crippen MR) is 147 cm³/mol. The van der Waals surface area contributed by atoms with Gasteiger partial charge in [-0.05, 0) is 53.1 Å². The van der Waals surface area contributed by atoms with Crippen LogP contribution in [0.15, 0.2) is 95.9 Å². The topological polar surface area (TPSA) is 75.7 Å². The van der Waals surface area contributed by atoms with Gasteiger partial charge in [0.15, 0.2) is 0 Å². The van der Waals surface area contributed by atoms with Crippen molar-refractivity contribution in [3.63, 3.8) is 0 Å². The van der Waals surface area contributed by atoms with E-state index in [1.54, 1.807) is 36.4 Å². The largest absolute Gasteiger partial charge is 0.489 e. The van der Waals surface area contributed by atoms with E-state index in [1.807, 2.05) is 60.7 Å². The number of fused-ring (bicyclic) bond motifs is 1. The number of nitrogens with zero attached hydrogens (tertiary/aromatic N) is 1. The molecule has 0 bridgehead atoms. The number of anilines is 1. The van der Waals surface area contributed by atoms with Crippen LogP contribution in [0.5, 0.6) is 5.75 Å². The number of carbonyl (C=O) groups excluding carboxylic acids is 3. The molecule has 1 aliphatic heterocycles. The van der Waals surface area contributed by atoms with Crippen LogP contribution in [0.1, 0.15) is 11.1 Å². The molecule has 0 aromatic heterocycles. The summed E-state index contributed by atoms with van der Waals surface area (Å²) >= 11 is 6.98. The zero-order chi connectivity index (χ0) is 25.8. The molecule has 184 valence electrons. The van der Waals surface area contributed by atoms with Crippen molar-refractivity contribution in [2.75, 3.05) is 11.9 Å². The Bertz CT molecular complexity index is 1530. The monoisotopic (exact) mass is 528 g/mol. The lowest BCUT2D eigenvalue weighted by atomic mass is 10.1. The number of rotatable bonds is 7. The first kappa shape index (κ1) is 24.6. The van der Waals surface area contributed by atoms with Crippen molar-refractivity contribution in [3.05, 3.63) is 112 Å². The number of halogens is 1. The van der Waals surface area contributed by atoms with E-state index in [-0.39, 0.29) is 11.4 Å². The van der Waals surface area contributed by atoms with Gasteiger partial charge in [0.25, 0.3) is 11.1 Å². The molecule has 0 saturated carbocycles. The van der Waals surface area contributed by atoms with Gasteiger partial charge < -0.3 is 10.1 Å². The van der Waals surface area contributed by atoms with Crippen LogP contribution in [0.25, 0.3) is 16.8 Å². The second-order valence-corrected chi connectivity index (χ2v) is 9.69. The molecule has 1 aliphatic rings. The first-order chi connectivity index (χ1) is 18.0. The summed E-state index contributed by atoms with van der Waals surface area (Å²) in [7, 11) is 0. The van der Waals surface area contributed by atoms with Crippen molar-refractivity contribution >= 4 is 63.0 Å². The van der Waals surface area contributed by atoms with Crippen LogP contribution in [-0.4, -0.2) is 28.5 Å². The highest BCUT2D eigenvalue weighted by atomic mass is 35.5. The predicted octanol–water partition coefficient (Wildman–Crippen LogP) is 6.75. The molecule has 4 aromatic rings. The molecule has 1 N–H and O–H groups in total. The Balaban J connectivity index is 1.22. The number of ether oxygens (including phenoxy) is 1. The Morgan fingerprint density at radius 3 is 2.46 bits per heavy atom. The fourth-order valence-electron chi connectivity index (χ4n) is 3.89. The minimum Gasteiger partial charge on any atom is -0.489 e. The number of imide groups is 1. The molecule has 3 amide bonds. The molecular formula is C29H21ClN2O4S. The maximum absolute atomic E-state index is 12.9. The minimum absolute atomic E-state index is 0.257. The normalized spacial score (nSPS) is 14.4. The third-order valence-electron chi connectivity index (χ3n) is 5.77. The van der Waals surface area contributed by atoms with Crippen molar-refractivity contribution in [1.29, 1.82) is 0 Å². The smallest absolute Gasteiger partial charge is 0.294 e. The SMILES string of the molecule is O=C(CN1C(=O)S/C(=C/c2ccc(OCc3ccccc3Cl)cc2)C1=O)Nc1cccc2ccccc12. The Labute approximate surface area is 222 Å². The first-order valence-electron chi connectivity index (χ1n) is 11.5. The minimum atomic E-state index is -0.498. The quantitative estimate of drug-likeness (QED) is 0.269. The number of carbonyl (C=O) groups is 3. The Morgan fingerprint density at radius 2 is 1.65 bits per heavy atom. The summed E-state index contributed by atoms with van der Waals surface area (Å²) < 4.78 is 5.79. The molecule has 0 radical (unpaired) electrons. The molecule has 8 heteroatoms. The van der Waals surface area contributed by atoms with E-state index in [0.717, 1.165) is 38.6 Å². The molecule has 0 aliphatic carbocycles. The molecule has 0 spiro atoms. The average Bonchev–Trinajstić information content (AvgIpc) is 3.16. The van der Waals surface area contributed by atoms with E-state index in [4.69, 9.17) is 16.3 Å². The summed E-state index contributed by atoms with van der Waals surface area (Å²) in [6, 6.07) is 27.9. The zero-order valence-electron chi connectivity index (χ0n) is 19.5. The number of nitrogens with one attached hydrogen (secondary N) is 1. The van der Waals surface area contributed by atoms with E-state index in [9.17, 15) is 14.4 Å². The summed E-state index contributed by atoms with van der Waals surface area (Å²) in [6.07, 6.45) is 1.63. The Morgan fingerprint density at radius 1 is 0.919 bits per heavy atom. The molecule has 1 heterocycles. The average molecular weight is 529 g/mol. The van der Waals surface area contributed by atoms with Gasteiger partial charge in [-0.15, -0.1) is 0 Å². The third kappa shape index (κ3) is 5.69. The third-order valence-corrected chi connectivity index (χ3v) is 7.05. The highest BCUT2D eigenvalue weighted by Gasteiger charge is 2.36. The van der Waals surface area contributed by atoms with E-state index in [2.05, 4.69) is 5.32 Å². The molecule has 4 aromatic carbocycles. The second-order valence-electron chi connectivity index (χ2n) is 8.29. The summed E-state index contributed by atoms with van der Waals surface area (Å²) in [5, 5.41) is 4.83. The van der Waals surface area contributed by atoms with Crippen LogP contribution < -0.4 is 10.1 Å². The van der Waals surface area contributed by atoms with Crippen LogP contribution >= 0.6 is 23.4 Å². The fourth-order valence-corrected chi connectivity index (χ4v) is 4.92. The summed E-state index contributed by atoms with van der Waals surface area (Å²) in [6.45, 7) is -0.0290. The first-order valence-corrected chi connectivity index (χ1v) is 12.7. The lowest BCUT2D eigenvalue weighted by molar-refractivity contribution is -0.127. The van der Waals surface area contributed by atoms with Gasteiger partial charge in [-0.1, -0.05) is 78.3 Å². The maximum Gasteiger partial charge on any atom is 0.294 e. The van der Waals surface area contributed by atoms with Crippen molar-refractivity contribution in [1.82, 2.24) is 4.90 Å². The summed E-state index contributed by atoms with van der Waals surface area (Å²) in [5.41, 5.74) is 2.24. The van der Waals surface area contributed by atoms with Gasteiger partial charge in [-0.2, -0.15) is 0 Å². The van der Waals surface area contributed by atoms with Gasteiger partial charge in [0.1, 0.15) is 18.9 Å². The van der Waals surface area contributed by atoms with Crippen LogP contribution in [0.4, 0.5) is 10.5 Å². The van der Waals surface area contributed by atoms with E-state index < -0.39 is 17.1 Å². The highest BCUT2D eigenvalue weighted by Crippen LogP contribution is 2.32. The lowest BCUT2D eigenvalue weighted by Crippen LogP contribution is -2.36. The van der Waals surface area contributed by atoms with Crippen molar-refractivity contribution in [3.8, 4) is 5.75 Å². The van der Waals surface area contributed by atoms with Crippen LogP contribution in [0.2, 0.25) is 5.02 Å². The van der Waals surface area contributed by atoms with Crippen molar-refractivity contribution in [2.45, 2.75) is 6.61 Å². The van der Waals surface area contributed by atoms with Crippen LogP contribution in [0.3, 0.4) is 0 Å². The number of amides is 3. The summed E-state index contributed by atoms with van der Waals surface area (Å²) in [4.78, 5) is 39.3. The lowest BCUT2D eigenvalue weighted by Gasteiger charge is -2.13. The highest BCUT2D eigenvalue weighted by molar-refractivity contribution is 8.18. The molecular weight excluding hydrogens is 508 g/mol. The Kier molecular flexibility index (Phi) is 7.25. The number of hydrogen-bond acceptors (Lipinski definition) is 5. The van der Waals surface area contributed by atoms with Crippen molar-refractivity contribution in [2.24, 2.45) is 0 Å². The molecule has 5 rings (SSSR count). The fraction of sp³-hybridized carbons (Fsp3) is 0.0690. The summed E-state index contributed by atoms with van der Waals surface area (Å²) in [5.74, 6) is -0.294. The van der Waals surface area contributed by atoms with E-state index >= 15 is 0 Å².